The van der Waals surface area contributed by atoms with E-state index in [4.69, 9.17) is 9.72 Å². The molecule has 0 radical (unpaired) electrons. The van der Waals surface area contributed by atoms with Crippen molar-refractivity contribution in [2.45, 2.75) is 124 Å². The molecule has 1 aromatic carbocycles. The number of carbonyl (C=O) groups excluding carboxylic acids is 2. The van der Waals surface area contributed by atoms with E-state index in [1.54, 1.807) is 18.3 Å². The molecule has 0 spiro atoms. The van der Waals surface area contributed by atoms with Crippen LogP contribution in [0.3, 0.4) is 0 Å². The zero-order valence-electron chi connectivity index (χ0n) is 35.0. The molecule has 312 valence electrons. The highest BCUT2D eigenvalue weighted by Gasteiger charge is 2.36. The Bertz CT molecular complexity index is 1920. The number of nitrogens with one attached hydrogen (secondary N) is 2. The molecule has 2 amide bonds. The number of benzene rings is 1. The largest absolute Gasteiger partial charge is 0.406 e. The first kappa shape index (κ1) is 42.9. The van der Waals surface area contributed by atoms with Gasteiger partial charge in [0.15, 0.2) is 0 Å². The highest BCUT2D eigenvalue weighted by Crippen LogP contribution is 2.43. The molecular weight excluding hydrogens is 730 g/mol. The minimum absolute atomic E-state index is 0.0657. The van der Waals surface area contributed by atoms with Crippen LogP contribution in [0.1, 0.15) is 114 Å². The van der Waals surface area contributed by atoms with E-state index in [9.17, 15) is 22.8 Å². The van der Waals surface area contributed by atoms with Crippen molar-refractivity contribution in [2.24, 2.45) is 17.3 Å². The molecule has 9 nitrogen and oxygen atoms in total. The Morgan fingerprint density at radius 1 is 1.07 bits per heavy atom. The predicted octanol–water partition coefficient (Wildman–Crippen LogP) is 8.79. The van der Waals surface area contributed by atoms with Crippen molar-refractivity contribution < 1.29 is 27.5 Å². The molecule has 2 aromatic heterocycles. The van der Waals surface area contributed by atoms with Gasteiger partial charge in [0.1, 0.15) is 12.6 Å². The van der Waals surface area contributed by atoms with E-state index in [0.717, 1.165) is 92.1 Å². The van der Waals surface area contributed by atoms with E-state index in [0.29, 0.717) is 54.4 Å². The van der Waals surface area contributed by atoms with Gasteiger partial charge in [0, 0.05) is 68.4 Å². The SMILES string of the molecule is CCC(C)(C)Cc1c(-c2cc(C)cnc2C(C)OC)n(CC(F)(F)F)c2ccc(C3=CCCN(CC(NC(=O)C(C)C4CCCC4)C(=O)N4CCCCN4)C3)cc12. The van der Waals surface area contributed by atoms with Gasteiger partial charge in [0.2, 0.25) is 5.91 Å². The number of ether oxygens (including phenoxy) is 1. The monoisotopic (exact) mass is 792 g/mol. The van der Waals surface area contributed by atoms with Crippen molar-refractivity contribution in [3.05, 3.63) is 58.9 Å². The van der Waals surface area contributed by atoms with Crippen LogP contribution in [0.2, 0.25) is 0 Å². The van der Waals surface area contributed by atoms with Crippen molar-refractivity contribution >= 4 is 28.3 Å². The van der Waals surface area contributed by atoms with Gasteiger partial charge >= 0.3 is 6.18 Å². The lowest BCUT2D eigenvalue weighted by Crippen LogP contribution is -2.59. The van der Waals surface area contributed by atoms with Crippen LogP contribution in [0.4, 0.5) is 13.2 Å². The molecular formula is C45H63F3N6O3. The summed E-state index contributed by atoms with van der Waals surface area (Å²) < 4.78 is 50.8. The summed E-state index contributed by atoms with van der Waals surface area (Å²) in [4.78, 5) is 34.6. The number of aromatic nitrogens is 2. The summed E-state index contributed by atoms with van der Waals surface area (Å²) in [5.41, 5.74) is 9.06. The Morgan fingerprint density at radius 2 is 1.82 bits per heavy atom. The zero-order valence-corrected chi connectivity index (χ0v) is 35.0. The Labute approximate surface area is 336 Å². The first-order valence-electron chi connectivity index (χ1n) is 21.1. The highest BCUT2D eigenvalue weighted by molar-refractivity contribution is 5.95. The van der Waals surface area contributed by atoms with Gasteiger partial charge in [-0.15, -0.1) is 0 Å². The Hall–Kier alpha value is -3.74. The highest BCUT2D eigenvalue weighted by atomic mass is 19.4. The molecule has 1 aliphatic carbocycles. The van der Waals surface area contributed by atoms with Crippen LogP contribution in [-0.2, 0) is 27.3 Å². The number of carbonyl (C=O) groups is 2. The fraction of sp³-hybridized carbons (Fsp3) is 0.622. The average molecular weight is 793 g/mol. The number of fused-ring (bicyclic) bond motifs is 1. The molecule has 4 heterocycles. The molecule has 3 atom stereocenters. The molecule has 0 bridgehead atoms. The minimum Gasteiger partial charge on any atom is -0.375 e. The molecule has 3 aromatic rings. The minimum atomic E-state index is -4.46. The second kappa shape index (κ2) is 18.0. The second-order valence-corrected chi connectivity index (χ2v) is 17.5. The maximum absolute atomic E-state index is 14.5. The normalized spacial score (nSPS) is 19.1. The lowest BCUT2D eigenvalue weighted by molar-refractivity contribution is -0.141. The van der Waals surface area contributed by atoms with Gasteiger partial charge in [0.25, 0.3) is 5.91 Å². The number of hydrogen-bond donors (Lipinski definition) is 2. The quantitative estimate of drug-likeness (QED) is 0.170. The number of nitrogens with zero attached hydrogens (tertiary/aromatic N) is 4. The van der Waals surface area contributed by atoms with Crippen molar-refractivity contribution in [2.75, 3.05) is 39.8 Å². The second-order valence-electron chi connectivity index (χ2n) is 17.5. The van der Waals surface area contributed by atoms with Crippen LogP contribution in [0.5, 0.6) is 0 Å². The third kappa shape index (κ3) is 10.1. The molecule has 2 N–H and O–H groups in total. The summed E-state index contributed by atoms with van der Waals surface area (Å²) in [6.07, 6.45) is 7.46. The fourth-order valence-electron chi connectivity index (χ4n) is 8.92. The van der Waals surface area contributed by atoms with Crippen molar-refractivity contribution in [3.63, 3.8) is 0 Å². The van der Waals surface area contributed by atoms with Crippen molar-refractivity contribution in [3.8, 4) is 11.3 Å². The van der Waals surface area contributed by atoms with Gasteiger partial charge in [-0.05, 0) is 104 Å². The molecule has 57 heavy (non-hydrogen) atoms. The molecule has 12 heteroatoms. The van der Waals surface area contributed by atoms with E-state index in [2.05, 4.69) is 48.6 Å². The van der Waals surface area contributed by atoms with E-state index in [-0.39, 0.29) is 23.1 Å². The Balaban J connectivity index is 1.37. The molecule has 2 fully saturated rings. The van der Waals surface area contributed by atoms with Gasteiger partial charge in [-0.1, -0.05) is 59.1 Å². The molecule has 2 aliphatic heterocycles. The third-order valence-electron chi connectivity index (χ3n) is 12.7. The van der Waals surface area contributed by atoms with Crippen molar-refractivity contribution in [1.29, 1.82) is 0 Å². The zero-order chi connectivity index (χ0) is 41.1. The maximum Gasteiger partial charge on any atom is 0.406 e. The van der Waals surface area contributed by atoms with E-state index in [1.807, 2.05) is 39.0 Å². The number of methoxy groups -OCH3 is 1. The lowest BCUT2D eigenvalue weighted by Gasteiger charge is -2.35. The summed E-state index contributed by atoms with van der Waals surface area (Å²) in [5.74, 6) is -0.00559. The number of rotatable bonds is 14. The third-order valence-corrected chi connectivity index (χ3v) is 12.7. The van der Waals surface area contributed by atoms with Crippen LogP contribution < -0.4 is 10.7 Å². The first-order chi connectivity index (χ1) is 27.1. The Kier molecular flexibility index (Phi) is 13.6. The van der Waals surface area contributed by atoms with Gasteiger partial charge in [0.05, 0.1) is 17.5 Å². The van der Waals surface area contributed by atoms with Crippen molar-refractivity contribution in [1.82, 2.24) is 30.2 Å². The maximum atomic E-state index is 14.5. The molecule has 3 unspecified atom stereocenters. The van der Waals surface area contributed by atoms with Crippen LogP contribution in [0.15, 0.2) is 36.5 Å². The van der Waals surface area contributed by atoms with Gasteiger partial charge in [-0.2, -0.15) is 13.2 Å². The first-order valence-corrected chi connectivity index (χ1v) is 21.1. The number of hydrazine groups is 1. The summed E-state index contributed by atoms with van der Waals surface area (Å²) in [6, 6.07) is 7.07. The van der Waals surface area contributed by atoms with Gasteiger partial charge < -0.3 is 14.6 Å². The smallest absolute Gasteiger partial charge is 0.375 e. The van der Waals surface area contributed by atoms with Crippen LogP contribution >= 0.6 is 0 Å². The topological polar surface area (TPSA) is 91.7 Å². The number of halogens is 3. The lowest BCUT2D eigenvalue weighted by atomic mass is 9.81. The standard InChI is InChI=1S/C45H63F3N6O3/c1-8-44(5,6)24-37-35-23-33(17-18-39(35)53(28-45(46,47)48)41(37)36-22-29(2)25-49-40(36)31(4)57-7)34-16-13-20-52(26-34)27-38(43(56)54-21-12-11-19-50-54)51-42(55)30(3)32-14-9-10-15-32/h16-18,22-23,25,30-32,38,50H,8-15,19-21,24,26-28H2,1-7H3,(H,51,55). The summed E-state index contributed by atoms with van der Waals surface area (Å²) in [5, 5.41) is 5.64. The summed E-state index contributed by atoms with van der Waals surface area (Å²) in [6.45, 7) is 14.0. The summed E-state index contributed by atoms with van der Waals surface area (Å²) in [7, 11) is 1.59. The van der Waals surface area contributed by atoms with E-state index in [1.165, 1.54) is 4.57 Å². The predicted molar refractivity (Wildman–Crippen MR) is 220 cm³/mol. The molecule has 6 rings (SSSR count). The Morgan fingerprint density at radius 3 is 2.49 bits per heavy atom. The van der Waals surface area contributed by atoms with E-state index >= 15 is 0 Å². The van der Waals surface area contributed by atoms with E-state index < -0.39 is 24.9 Å². The number of aryl methyl sites for hydroxylation is 1. The summed E-state index contributed by atoms with van der Waals surface area (Å²) >= 11 is 0. The van der Waals surface area contributed by atoms with Gasteiger partial charge in [-0.25, -0.2) is 5.43 Å². The van der Waals surface area contributed by atoms with Crippen LogP contribution in [0.25, 0.3) is 27.7 Å². The van der Waals surface area contributed by atoms with Gasteiger partial charge in [-0.3, -0.25) is 24.5 Å². The molecule has 1 saturated heterocycles. The van der Waals surface area contributed by atoms with Crippen LogP contribution in [-0.4, -0.2) is 83.3 Å². The number of hydrogen-bond acceptors (Lipinski definition) is 6. The average Bonchev–Trinajstić information content (AvgIpc) is 3.83. The fourth-order valence-corrected chi connectivity index (χ4v) is 8.92. The molecule has 3 aliphatic rings. The molecule has 1 saturated carbocycles. The number of alkyl halides is 3. The van der Waals surface area contributed by atoms with Crippen LogP contribution in [0, 0.1) is 24.2 Å². The number of pyridine rings is 1. The number of amides is 2.